The second-order valence-corrected chi connectivity index (χ2v) is 2.59. The van der Waals surface area contributed by atoms with Gasteiger partial charge in [-0.2, -0.15) is 0 Å². The smallest absolute Gasteiger partial charge is 0.118 e. The molecule has 4 N–H and O–H groups in total. The van der Waals surface area contributed by atoms with Crippen molar-refractivity contribution >= 4 is 0 Å². The molecule has 1 aliphatic heterocycles. The van der Waals surface area contributed by atoms with Crippen LogP contribution in [0.25, 0.3) is 0 Å². The Balaban J connectivity index is 2.37. The number of hydrogen-bond donors (Lipinski definition) is 2. The van der Waals surface area contributed by atoms with Gasteiger partial charge in [0.25, 0.3) is 0 Å². The number of ether oxygens (including phenoxy) is 1. The Hall–Kier alpha value is -0.120. The van der Waals surface area contributed by atoms with Crippen molar-refractivity contribution in [1.82, 2.24) is 0 Å². The standard InChI is InChI=1S/C6H13NO2/c7-5-6(8)1-3-9-4-2-6/h8H,1-5,7H2/p+1. The van der Waals surface area contributed by atoms with Gasteiger partial charge in [-0.3, -0.25) is 0 Å². The van der Waals surface area contributed by atoms with Crippen molar-refractivity contribution in [3.8, 4) is 0 Å². The van der Waals surface area contributed by atoms with Crippen LogP contribution >= 0.6 is 0 Å². The van der Waals surface area contributed by atoms with E-state index in [4.69, 9.17) is 4.74 Å². The quantitative estimate of drug-likeness (QED) is 0.469. The molecule has 1 fully saturated rings. The maximum absolute atomic E-state index is 9.54. The molecule has 0 unspecified atom stereocenters. The van der Waals surface area contributed by atoms with Crippen molar-refractivity contribution in [2.24, 2.45) is 0 Å². The summed E-state index contributed by atoms with van der Waals surface area (Å²) in [7, 11) is 0. The lowest BCUT2D eigenvalue weighted by Crippen LogP contribution is -2.62. The van der Waals surface area contributed by atoms with Crippen LogP contribution in [0.15, 0.2) is 0 Å². The van der Waals surface area contributed by atoms with E-state index < -0.39 is 5.60 Å². The molecule has 54 valence electrons. The van der Waals surface area contributed by atoms with Gasteiger partial charge in [0.05, 0.1) is 0 Å². The topological polar surface area (TPSA) is 57.1 Å². The van der Waals surface area contributed by atoms with Gasteiger partial charge in [0, 0.05) is 26.1 Å². The van der Waals surface area contributed by atoms with Crippen LogP contribution in [-0.4, -0.2) is 30.5 Å². The van der Waals surface area contributed by atoms with E-state index in [1.165, 1.54) is 0 Å². The summed E-state index contributed by atoms with van der Waals surface area (Å²) in [6.45, 7) is 1.98. The lowest BCUT2D eigenvalue weighted by Gasteiger charge is -2.28. The number of rotatable bonds is 1. The van der Waals surface area contributed by atoms with Gasteiger partial charge >= 0.3 is 0 Å². The molecule has 0 aromatic carbocycles. The molecule has 0 aliphatic carbocycles. The van der Waals surface area contributed by atoms with Crippen molar-refractivity contribution in [3.63, 3.8) is 0 Å². The Kier molecular flexibility index (Phi) is 2.05. The first-order chi connectivity index (χ1) is 4.27. The zero-order valence-electron chi connectivity index (χ0n) is 5.60. The van der Waals surface area contributed by atoms with Gasteiger partial charge in [-0.1, -0.05) is 0 Å². The molecule has 0 bridgehead atoms. The number of hydrogen-bond acceptors (Lipinski definition) is 2. The van der Waals surface area contributed by atoms with Crippen LogP contribution in [0.5, 0.6) is 0 Å². The fraction of sp³-hybridized carbons (Fsp3) is 1.00. The summed E-state index contributed by atoms with van der Waals surface area (Å²) in [5, 5.41) is 9.54. The Bertz CT molecular complexity index is 89.1. The van der Waals surface area contributed by atoms with Crippen LogP contribution in [0.1, 0.15) is 12.8 Å². The molecule has 1 saturated heterocycles. The van der Waals surface area contributed by atoms with E-state index in [2.05, 4.69) is 5.73 Å². The minimum absolute atomic E-state index is 0.516. The van der Waals surface area contributed by atoms with Crippen molar-refractivity contribution in [2.75, 3.05) is 19.8 Å². The highest BCUT2D eigenvalue weighted by atomic mass is 16.5. The van der Waals surface area contributed by atoms with Crippen LogP contribution in [-0.2, 0) is 4.74 Å². The molecule has 0 amide bonds. The van der Waals surface area contributed by atoms with Gasteiger partial charge in [-0.25, -0.2) is 0 Å². The van der Waals surface area contributed by atoms with E-state index in [-0.39, 0.29) is 0 Å². The summed E-state index contributed by atoms with van der Waals surface area (Å²) in [6, 6.07) is 0. The first-order valence-electron chi connectivity index (χ1n) is 3.36. The average Bonchev–Trinajstić information content (AvgIpc) is 1.90. The Morgan fingerprint density at radius 2 is 2.00 bits per heavy atom. The second-order valence-electron chi connectivity index (χ2n) is 2.59. The molecular weight excluding hydrogens is 118 g/mol. The zero-order valence-corrected chi connectivity index (χ0v) is 5.60. The molecular formula is C6H14NO2+. The van der Waals surface area contributed by atoms with Crippen molar-refractivity contribution in [3.05, 3.63) is 0 Å². The SMILES string of the molecule is [NH3+]CC1(O)CCOCC1. The van der Waals surface area contributed by atoms with E-state index in [1.54, 1.807) is 0 Å². The summed E-state index contributed by atoms with van der Waals surface area (Å²) >= 11 is 0. The highest BCUT2D eigenvalue weighted by Gasteiger charge is 2.29. The monoisotopic (exact) mass is 132 g/mol. The Morgan fingerprint density at radius 1 is 1.44 bits per heavy atom. The molecule has 9 heavy (non-hydrogen) atoms. The normalized spacial score (nSPS) is 26.0. The maximum Gasteiger partial charge on any atom is 0.118 e. The molecule has 1 aliphatic rings. The van der Waals surface area contributed by atoms with Crippen LogP contribution in [0.4, 0.5) is 0 Å². The first kappa shape index (κ1) is 6.99. The van der Waals surface area contributed by atoms with Gasteiger partial charge in [-0.15, -0.1) is 0 Å². The van der Waals surface area contributed by atoms with Crippen molar-refractivity contribution < 1.29 is 15.6 Å². The lowest BCUT2D eigenvalue weighted by molar-refractivity contribution is -0.404. The van der Waals surface area contributed by atoms with Crippen LogP contribution < -0.4 is 5.73 Å². The van der Waals surface area contributed by atoms with E-state index >= 15 is 0 Å². The largest absolute Gasteiger partial charge is 0.384 e. The average molecular weight is 132 g/mol. The summed E-state index contributed by atoms with van der Waals surface area (Å²) < 4.78 is 5.08. The van der Waals surface area contributed by atoms with Gasteiger partial charge in [-0.05, 0) is 0 Å². The van der Waals surface area contributed by atoms with E-state index in [1.807, 2.05) is 0 Å². The van der Waals surface area contributed by atoms with Gasteiger partial charge in [0.1, 0.15) is 12.1 Å². The summed E-state index contributed by atoms with van der Waals surface area (Å²) in [5.41, 5.74) is 3.16. The van der Waals surface area contributed by atoms with Gasteiger partial charge < -0.3 is 15.6 Å². The predicted octanol–water partition coefficient (Wildman–Crippen LogP) is -1.23. The Labute approximate surface area is 54.8 Å². The van der Waals surface area contributed by atoms with Crippen LogP contribution in [0, 0.1) is 0 Å². The van der Waals surface area contributed by atoms with Gasteiger partial charge in [0.15, 0.2) is 0 Å². The second kappa shape index (κ2) is 2.64. The molecule has 3 nitrogen and oxygen atoms in total. The van der Waals surface area contributed by atoms with E-state index in [0.717, 1.165) is 12.8 Å². The molecule has 0 spiro atoms. The highest BCUT2D eigenvalue weighted by molar-refractivity contribution is 4.78. The number of quaternary nitrogens is 1. The summed E-state index contributed by atoms with van der Waals surface area (Å²) in [5.74, 6) is 0. The zero-order chi connectivity index (χ0) is 6.74. The van der Waals surface area contributed by atoms with E-state index in [0.29, 0.717) is 19.8 Å². The number of aliphatic hydroxyl groups is 1. The minimum Gasteiger partial charge on any atom is -0.384 e. The molecule has 0 atom stereocenters. The van der Waals surface area contributed by atoms with Gasteiger partial charge in [0.2, 0.25) is 0 Å². The molecule has 0 saturated carbocycles. The van der Waals surface area contributed by atoms with Crippen LogP contribution in [0.3, 0.4) is 0 Å². The third-order valence-corrected chi connectivity index (χ3v) is 1.89. The fourth-order valence-electron chi connectivity index (χ4n) is 1.00. The predicted molar refractivity (Wildman–Crippen MR) is 32.8 cm³/mol. The molecule has 3 heteroatoms. The third-order valence-electron chi connectivity index (χ3n) is 1.89. The molecule has 0 aromatic rings. The molecule has 0 radical (unpaired) electrons. The molecule has 0 aromatic heterocycles. The molecule has 1 heterocycles. The summed E-state index contributed by atoms with van der Waals surface area (Å²) in [6.07, 6.45) is 1.49. The van der Waals surface area contributed by atoms with Crippen molar-refractivity contribution in [2.45, 2.75) is 18.4 Å². The van der Waals surface area contributed by atoms with E-state index in [9.17, 15) is 5.11 Å². The fourth-order valence-corrected chi connectivity index (χ4v) is 1.00. The summed E-state index contributed by atoms with van der Waals surface area (Å²) in [4.78, 5) is 0. The molecule has 1 rings (SSSR count). The third kappa shape index (κ3) is 1.64. The minimum atomic E-state index is -0.516. The van der Waals surface area contributed by atoms with Crippen LogP contribution in [0.2, 0.25) is 0 Å². The van der Waals surface area contributed by atoms with Crippen molar-refractivity contribution in [1.29, 1.82) is 0 Å². The Morgan fingerprint density at radius 3 is 2.33 bits per heavy atom. The lowest BCUT2D eigenvalue weighted by atomic mass is 9.95. The maximum atomic E-state index is 9.54. The first-order valence-corrected chi connectivity index (χ1v) is 3.36. The highest BCUT2D eigenvalue weighted by Crippen LogP contribution is 2.17.